The molecule has 3 heteroatoms. The number of hydrogen-bond donors (Lipinski definition) is 2. The molecule has 0 saturated carbocycles. The molecule has 1 aliphatic rings. The van der Waals surface area contributed by atoms with E-state index in [1.807, 2.05) is 0 Å². The van der Waals surface area contributed by atoms with Gasteiger partial charge in [0.05, 0.1) is 5.41 Å². The first-order chi connectivity index (χ1) is 6.07. The van der Waals surface area contributed by atoms with Crippen molar-refractivity contribution in [3.05, 3.63) is 0 Å². The van der Waals surface area contributed by atoms with Crippen LogP contribution >= 0.6 is 0 Å². The Morgan fingerprint density at radius 3 is 2.38 bits per heavy atom. The minimum absolute atomic E-state index is 0.109. The van der Waals surface area contributed by atoms with Crippen LogP contribution < -0.4 is 11.1 Å². The zero-order valence-electron chi connectivity index (χ0n) is 8.60. The summed E-state index contributed by atoms with van der Waals surface area (Å²) in [6, 6.07) is 0. The van der Waals surface area contributed by atoms with E-state index < -0.39 is 0 Å². The van der Waals surface area contributed by atoms with E-state index in [9.17, 15) is 4.79 Å². The Bertz CT molecular complexity index is 183. The lowest BCUT2D eigenvalue weighted by Crippen LogP contribution is -2.46. The maximum Gasteiger partial charge on any atom is 0.223 e. The van der Waals surface area contributed by atoms with Crippen molar-refractivity contribution in [1.82, 2.24) is 5.32 Å². The summed E-state index contributed by atoms with van der Waals surface area (Å²) < 4.78 is 0. The molecule has 0 aliphatic carbocycles. The van der Waals surface area contributed by atoms with Gasteiger partial charge in [-0.25, -0.2) is 0 Å². The molecule has 0 radical (unpaired) electrons. The van der Waals surface area contributed by atoms with Gasteiger partial charge >= 0.3 is 0 Å². The van der Waals surface area contributed by atoms with Crippen LogP contribution in [0.3, 0.4) is 0 Å². The summed E-state index contributed by atoms with van der Waals surface area (Å²) in [6.07, 6.45) is 2.74. The van der Waals surface area contributed by atoms with Gasteiger partial charge in [-0.2, -0.15) is 0 Å². The summed E-state index contributed by atoms with van der Waals surface area (Å²) in [5, 5.41) is 3.26. The van der Waals surface area contributed by atoms with Gasteiger partial charge in [-0.05, 0) is 38.3 Å². The Labute approximate surface area is 80.1 Å². The van der Waals surface area contributed by atoms with E-state index in [4.69, 9.17) is 5.73 Å². The topological polar surface area (TPSA) is 55.1 Å². The number of primary amides is 1. The van der Waals surface area contributed by atoms with Crippen molar-refractivity contribution >= 4 is 5.91 Å². The average molecular weight is 184 g/mol. The Balaban J connectivity index is 2.67. The molecular formula is C10H20N2O. The van der Waals surface area contributed by atoms with E-state index in [-0.39, 0.29) is 11.3 Å². The van der Waals surface area contributed by atoms with Gasteiger partial charge in [0.2, 0.25) is 5.91 Å². The van der Waals surface area contributed by atoms with Gasteiger partial charge < -0.3 is 11.1 Å². The SMILES string of the molecule is CC(C)CC1(C(N)=O)CCNCC1. The van der Waals surface area contributed by atoms with Crippen LogP contribution in [0.2, 0.25) is 0 Å². The van der Waals surface area contributed by atoms with Crippen molar-refractivity contribution in [3.63, 3.8) is 0 Å². The third kappa shape index (κ3) is 2.44. The van der Waals surface area contributed by atoms with E-state index in [0.717, 1.165) is 32.4 Å². The molecule has 1 heterocycles. The van der Waals surface area contributed by atoms with Gasteiger partial charge in [-0.1, -0.05) is 13.8 Å². The van der Waals surface area contributed by atoms with Gasteiger partial charge in [0.15, 0.2) is 0 Å². The number of carbonyl (C=O) groups excluding carboxylic acids is 1. The lowest BCUT2D eigenvalue weighted by atomic mass is 9.72. The summed E-state index contributed by atoms with van der Waals surface area (Å²) in [6.45, 7) is 6.14. The van der Waals surface area contributed by atoms with Crippen LogP contribution in [0.15, 0.2) is 0 Å². The predicted molar refractivity (Wildman–Crippen MR) is 53.2 cm³/mol. The van der Waals surface area contributed by atoms with Crippen molar-refractivity contribution < 1.29 is 4.79 Å². The molecule has 0 aromatic heterocycles. The van der Waals surface area contributed by atoms with E-state index in [1.165, 1.54) is 0 Å². The maximum absolute atomic E-state index is 11.4. The fourth-order valence-corrected chi connectivity index (χ4v) is 2.24. The number of hydrogen-bond acceptors (Lipinski definition) is 2. The molecule has 0 bridgehead atoms. The van der Waals surface area contributed by atoms with Crippen LogP contribution in [0, 0.1) is 11.3 Å². The lowest BCUT2D eigenvalue weighted by Gasteiger charge is -2.36. The number of carbonyl (C=O) groups is 1. The maximum atomic E-state index is 11.4. The van der Waals surface area contributed by atoms with Gasteiger partial charge in [-0.15, -0.1) is 0 Å². The first-order valence-corrected chi connectivity index (χ1v) is 5.07. The van der Waals surface area contributed by atoms with E-state index >= 15 is 0 Å². The first-order valence-electron chi connectivity index (χ1n) is 5.07. The molecule has 1 fully saturated rings. The molecule has 0 spiro atoms. The smallest absolute Gasteiger partial charge is 0.223 e. The average Bonchev–Trinajstić information content (AvgIpc) is 2.04. The van der Waals surface area contributed by atoms with Crippen molar-refractivity contribution in [2.45, 2.75) is 33.1 Å². The highest BCUT2D eigenvalue weighted by Crippen LogP contribution is 2.35. The van der Waals surface area contributed by atoms with Crippen LogP contribution in [0.5, 0.6) is 0 Å². The standard InChI is InChI=1S/C10H20N2O/c1-8(2)7-10(9(11)13)3-5-12-6-4-10/h8,12H,3-7H2,1-2H3,(H2,11,13). The lowest BCUT2D eigenvalue weighted by molar-refractivity contribution is -0.130. The summed E-state index contributed by atoms with van der Waals surface area (Å²) in [7, 11) is 0. The number of piperidine rings is 1. The molecule has 0 aromatic rings. The summed E-state index contributed by atoms with van der Waals surface area (Å²) in [4.78, 5) is 11.4. The van der Waals surface area contributed by atoms with Crippen LogP contribution in [0.4, 0.5) is 0 Å². The van der Waals surface area contributed by atoms with Crippen LogP contribution in [0.25, 0.3) is 0 Å². The Kier molecular flexibility index (Phi) is 3.31. The van der Waals surface area contributed by atoms with Crippen LogP contribution in [-0.2, 0) is 4.79 Å². The van der Waals surface area contributed by atoms with Crippen molar-refractivity contribution in [2.24, 2.45) is 17.1 Å². The molecular weight excluding hydrogens is 164 g/mol. The molecule has 3 N–H and O–H groups in total. The molecule has 0 unspecified atom stereocenters. The summed E-state index contributed by atoms with van der Waals surface area (Å²) in [5.74, 6) is 0.438. The normalized spacial score (nSPS) is 21.8. The van der Waals surface area contributed by atoms with Crippen LogP contribution in [-0.4, -0.2) is 19.0 Å². The van der Waals surface area contributed by atoms with Crippen molar-refractivity contribution in [2.75, 3.05) is 13.1 Å². The molecule has 1 aliphatic heterocycles. The van der Waals surface area contributed by atoms with Crippen molar-refractivity contribution in [3.8, 4) is 0 Å². The molecule has 1 saturated heterocycles. The minimum Gasteiger partial charge on any atom is -0.369 e. The highest BCUT2D eigenvalue weighted by molar-refractivity contribution is 5.81. The minimum atomic E-state index is -0.223. The zero-order chi connectivity index (χ0) is 9.90. The van der Waals surface area contributed by atoms with E-state index in [0.29, 0.717) is 5.92 Å². The Morgan fingerprint density at radius 2 is 2.00 bits per heavy atom. The number of nitrogens with one attached hydrogen (secondary N) is 1. The third-order valence-electron chi connectivity index (χ3n) is 2.88. The third-order valence-corrected chi connectivity index (χ3v) is 2.88. The highest BCUT2D eigenvalue weighted by Gasteiger charge is 2.37. The fourth-order valence-electron chi connectivity index (χ4n) is 2.24. The number of rotatable bonds is 3. The predicted octanol–water partition coefficient (Wildman–Crippen LogP) is 0.888. The quantitative estimate of drug-likeness (QED) is 0.684. The second kappa shape index (κ2) is 4.09. The van der Waals surface area contributed by atoms with Gasteiger partial charge in [0.1, 0.15) is 0 Å². The zero-order valence-corrected chi connectivity index (χ0v) is 8.60. The molecule has 13 heavy (non-hydrogen) atoms. The van der Waals surface area contributed by atoms with Gasteiger partial charge in [0.25, 0.3) is 0 Å². The Morgan fingerprint density at radius 1 is 1.46 bits per heavy atom. The molecule has 1 amide bonds. The fraction of sp³-hybridized carbons (Fsp3) is 0.900. The second-order valence-corrected chi connectivity index (χ2v) is 4.49. The largest absolute Gasteiger partial charge is 0.369 e. The first kappa shape index (κ1) is 10.5. The second-order valence-electron chi connectivity index (χ2n) is 4.49. The molecule has 0 atom stereocenters. The summed E-state index contributed by atoms with van der Waals surface area (Å²) >= 11 is 0. The molecule has 1 rings (SSSR count). The molecule has 0 aromatic carbocycles. The molecule has 76 valence electrons. The monoisotopic (exact) mass is 184 g/mol. The van der Waals surface area contributed by atoms with E-state index in [1.54, 1.807) is 0 Å². The number of nitrogens with two attached hydrogens (primary N) is 1. The van der Waals surface area contributed by atoms with E-state index in [2.05, 4.69) is 19.2 Å². The Hall–Kier alpha value is -0.570. The van der Waals surface area contributed by atoms with Gasteiger partial charge in [-0.3, -0.25) is 4.79 Å². The van der Waals surface area contributed by atoms with Crippen LogP contribution in [0.1, 0.15) is 33.1 Å². The van der Waals surface area contributed by atoms with Gasteiger partial charge in [0, 0.05) is 0 Å². The highest BCUT2D eigenvalue weighted by atomic mass is 16.1. The molecule has 3 nitrogen and oxygen atoms in total. The van der Waals surface area contributed by atoms with Crippen molar-refractivity contribution in [1.29, 1.82) is 0 Å². The summed E-state index contributed by atoms with van der Waals surface area (Å²) in [5.41, 5.74) is 5.26. The number of amides is 1.